The van der Waals surface area contributed by atoms with E-state index in [1.807, 2.05) is 0 Å². The number of unbranched alkanes of at least 4 members (excludes halogenated alkanes) is 37. The Morgan fingerprint density at radius 3 is 0.882 bits per heavy atom. The van der Waals surface area contributed by atoms with E-state index >= 15 is 0 Å². The Balaban J connectivity index is 3.21. The van der Waals surface area contributed by atoms with Gasteiger partial charge in [-0.05, 0) is 12.8 Å². The SMILES string of the molecule is CCCCCCCCCCCCCCCCCCCCCCCCCCCCCCCCCCCCCCC(=O)NC(CO)C(O)CCCCC. The van der Waals surface area contributed by atoms with Crippen molar-refractivity contribution in [1.82, 2.24) is 5.32 Å². The Bertz CT molecular complexity index is 655. The summed E-state index contributed by atoms with van der Waals surface area (Å²) >= 11 is 0. The average molecular weight is 722 g/mol. The summed E-state index contributed by atoms with van der Waals surface area (Å²) in [6, 6.07) is -0.526. The van der Waals surface area contributed by atoms with E-state index in [2.05, 4.69) is 19.2 Å². The lowest BCUT2D eigenvalue weighted by molar-refractivity contribution is -0.123. The number of carbonyl (C=O) groups is 1. The number of hydrogen-bond donors (Lipinski definition) is 3. The van der Waals surface area contributed by atoms with Gasteiger partial charge in [-0.2, -0.15) is 0 Å². The van der Waals surface area contributed by atoms with Crippen molar-refractivity contribution in [3.8, 4) is 0 Å². The summed E-state index contributed by atoms with van der Waals surface area (Å²) in [5.41, 5.74) is 0. The lowest BCUT2D eigenvalue weighted by atomic mass is 10.0. The van der Waals surface area contributed by atoms with Crippen molar-refractivity contribution in [2.24, 2.45) is 0 Å². The first-order chi connectivity index (χ1) is 25.2. The molecule has 0 aromatic carbocycles. The van der Waals surface area contributed by atoms with Gasteiger partial charge in [-0.1, -0.05) is 258 Å². The van der Waals surface area contributed by atoms with Gasteiger partial charge in [-0.3, -0.25) is 4.79 Å². The predicted molar refractivity (Wildman–Crippen MR) is 226 cm³/mol. The molecule has 306 valence electrons. The molecule has 0 radical (unpaired) electrons. The van der Waals surface area contributed by atoms with Gasteiger partial charge < -0.3 is 15.5 Å². The largest absolute Gasteiger partial charge is 0.394 e. The summed E-state index contributed by atoms with van der Waals surface area (Å²) in [6.07, 6.45) is 54.4. The highest BCUT2D eigenvalue weighted by Crippen LogP contribution is 2.17. The second kappa shape index (κ2) is 43.8. The highest BCUT2D eigenvalue weighted by molar-refractivity contribution is 5.76. The Morgan fingerprint density at radius 1 is 0.392 bits per heavy atom. The maximum Gasteiger partial charge on any atom is 0.220 e. The van der Waals surface area contributed by atoms with Gasteiger partial charge >= 0.3 is 0 Å². The molecular formula is C47H95NO3. The fraction of sp³-hybridized carbons (Fsp3) is 0.979. The van der Waals surface area contributed by atoms with Gasteiger partial charge in [0.2, 0.25) is 5.91 Å². The second-order valence-electron chi connectivity index (χ2n) is 16.5. The quantitative estimate of drug-likeness (QED) is 0.0549. The fourth-order valence-corrected chi connectivity index (χ4v) is 7.72. The Hall–Kier alpha value is -0.610. The van der Waals surface area contributed by atoms with Crippen molar-refractivity contribution in [3.63, 3.8) is 0 Å². The normalized spacial score (nSPS) is 12.8. The minimum atomic E-state index is -0.650. The van der Waals surface area contributed by atoms with Crippen molar-refractivity contribution < 1.29 is 15.0 Å². The third kappa shape index (κ3) is 40.4. The van der Waals surface area contributed by atoms with Crippen molar-refractivity contribution in [3.05, 3.63) is 0 Å². The van der Waals surface area contributed by atoms with Crippen molar-refractivity contribution in [1.29, 1.82) is 0 Å². The highest BCUT2D eigenvalue weighted by Gasteiger charge is 2.19. The van der Waals surface area contributed by atoms with Crippen molar-refractivity contribution in [2.75, 3.05) is 6.61 Å². The monoisotopic (exact) mass is 722 g/mol. The van der Waals surface area contributed by atoms with E-state index in [1.54, 1.807) is 0 Å². The van der Waals surface area contributed by atoms with E-state index in [1.165, 1.54) is 218 Å². The molecule has 0 aromatic rings. The lowest BCUT2D eigenvalue weighted by Crippen LogP contribution is -2.45. The van der Waals surface area contributed by atoms with E-state index in [0.717, 1.165) is 32.1 Å². The minimum absolute atomic E-state index is 0.0373. The van der Waals surface area contributed by atoms with Crippen LogP contribution in [0.25, 0.3) is 0 Å². The maximum absolute atomic E-state index is 12.2. The molecule has 0 saturated carbocycles. The molecule has 3 N–H and O–H groups in total. The molecule has 0 heterocycles. The van der Waals surface area contributed by atoms with Gasteiger partial charge in [0.05, 0.1) is 18.8 Å². The maximum atomic E-state index is 12.2. The van der Waals surface area contributed by atoms with E-state index in [-0.39, 0.29) is 12.5 Å². The van der Waals surface area contributed by atoms with Gasteiger partial charge in [0.1, 0.15) is 0 Å². The van der Waals surface area contributed by atoms with Crippen LogP contribution in [0, 0.1) is 0 Å². The van der Waals surface area contributed by atoms with E-state index < -0.39 is 12.1 Å². The molecule has 51 heavy (non-hydrogen) atoms. The second-order valence-corrected chi connectivity index (χ2v) is 16.5. The van der Waals surface area contributed by atoms with Gasteiger partial charge in [0.15, 0.2) is 0 Å². The van der Waals surface area contributed by atoms with E-state index in [9.17, 15) is 15.0 Å². The van der Waals surface area contributed by atoms with Crippen LogP contribution < -0.4 is 5.32 Å². The molecule has 0 aromatic heterocycles. The van der Waals surface area contributed by atoms with Gasteiger partial charge in [0.25, 0.3) is 0 Å². The third-order valence-corrected chi connectivity index (χ3v) is 11.4. The molecule has 0 saturated heterocycles. The Labute approximate surface area is 321 Å². The van der Waals surface area contributed by atoms with Crippen molar-refractivity contribution >= 4 is 5.91 Å². The molecule has 0 bridgehead atoms. The molecule has 1 amide bonds. The van der Waals surface area contributed by atoms with Crippen LogP contribution in [0.1, 0.15) is 277 Å². The summed E-state index contributed by atoms with van der Waals surface area (Å²) in [5.74, 6) is -0.0373. The Kier molecular flexibility index (Phi) is 43.3. The van der Waals surface area contributed by atoms with Crippen LogP contribution in [0.3, 0.4) is 0 Å². The smallest absolute Gasteiger partial charge is 0.220 e. The van der Waals surface area contributed by atoms with Crippen LogP contribution in [0.2, 0.25) is 0 Å². The molecule has 0 aliphatic carbocycles. The van der Waals surface area contributed by atoms with Gasteiger partial charge in [0, 0.05) is 6.42 Å². The molecule has 0 aliphatic rings. The van der Waals surface area contributed by atoms with Crippen LogP contribution in [-0.2, 0) is 4.79 Å². The number of hydrogen-bond acceptors (Lipinski definition) is 3. The molecule has 0 fully saturated rings. The number of amides is 1. The molecule has 0 spiro atoms. The van der Waals surface area contributed by atoms with Crippen LogP contribution >= 0.6 is 0 Å². The summed E-state index contributed by atoms with van der Waals surface area (Å²) < 4.78 is 0. The van der Waals surface area contributed by atoms with Crippen LogP contribution in [-0.4, -0.2) is 34.9 Å². The molecule has 4 nitrogen and oxygen atoms in total. The topological polar surface area (TPSA) is 69.6 Å². The molecule has 4 heteroatoms. The summed E-state index contributed by atoms with van der Waals surface area (Å²) in [7, 11) is 0. The summed E-state index contributed by atoms with van der Waals surface area (Å²) in [5, 5.41) is 22.6. The van der Waals surface area contributed by atoms with Crippen LogP contribution in [0.4, 0.5) is 0 Å². The number of aliphatic hydroxyl groups excluding tert-OH is 2. The first kappa shape index (κ1) is 50.4. The molecule has 2 atom stereocenters. The number of carbonyl (C=O) groups excluding carboxylic acids is 1. The zero-order valence-corrected chi connectivity index (χ0v) is 35.2. The zero-order chi connectivity index (χ0) is 37.1. The summed E-state index contributed by atoms with van der Waals surface area (Å²) in [6.45, 7) is 4.24. The molecule has 0 rings (SSSR count). The van der Waals surface area contributed by atoms with Gasteiger partial charge in [-0.25, -0.2) is 0 Å². The highest BCUT2D eigenvalue weighted by atomic mass is 16.3. The molecular weight excluding hydrogens is 627 g/mol. The van der Waals surface area contributed by atoms with Gasteiger partial charge in [-0.15, -0.1) is 0 Å². The van der Waals surface area contributed by atoms with Crippen LogP contribution in [0.5, 0.6) is 0 Å². The van der Waals surface area contributed by atoms with Crippen LogP contribution in [0.15, 0.2) is 0 Å². The predicted octanol–water partition coefficient (Wildman–Crippen LogP) is 14.9. The number of aliphatic hydroxyl groups is 2. The number of nitrogens with one attached hydrogen (secondary N) is 1. The first-order valence-electron chi connectivity index (χ1n) is 23.7. The summed E-state index contributed by atoms with van der Waals surface area (Å²) in [4.78, 5) is 12.2. The minimum Gasteiger partial charge on any atom is -0.394 e. The van der Waals surface area contributed by atoms with E-state index in [0.29, 0.717) is 12.8 Å². The Morgan fingerprint density at radius 2 is 0.627 bits per heavy atom. The molecule has 2 unspecified atom stereocenters. The fourth-order valence-electron chi connectivity index (χ4n) is 7.72. The zero-order valence-electron chi connectivity index (χ0n) is 35.2. The first-order valence-corrected chi connectivity index (χ1v) is 23.7. The van der Waals surface area contributed by atoms with Crippen molar-refractivity contribution in [2.45, 2.75) is 289 Å². The molecule has 0 aliphatic heterocycles. The lowest BCUT2D eigenvalue weighted by Gasteiger charge is -2.22. The third-order valence-electron chi connectivity index (χ3n) is 11.4. The van der Waals surface area contributed by atoms with E-state index in [4.69, 9.17) is 0 Å². The average Bonchev–Trinajstić information content (AvgIpc) is 3.13. The standard InChI is InChI=1S/C47H95NO3/c1-3-5-7-8-9-10-11-12-13-14-15-16-17-18-19-20-21-22-23-24-25-26-27-28-29-30-31-32-33-34-35-36-37-38-39-41-43-47(51)48-45(44-49)46(50)42-40-6-4-2/h45-46,49-50H,3-44H2,1-2H3,(H,48,51). The number of rotatable bonds is 44.